The molecule has 0 radical (unpaired) electrons. The highest BCUT2D eigenvalue weighted by molar-refractivity contribution is 7.15. The highest BCUT2D eigenvalue weighted by Crippen LogP contribution is 2.12. The molecular weight excluding hydrogens is 424 g/mol. The topological polar surface area (TPSA) is 152 Å². The zero-order chi connectivity index (χ0) is 22.8. The van der Waals surface area contributed by atoms with E-state index in [1.54, 1.807) is 12.4 Å². The molecule has 2 rings (SSSR count). The molecule has 6 N–H and O–H groups in total. The van der Waals surface area contributed by atoms with E-state index >= 15 is 0 Å². The lowest BCUT2D eigenvalue weighted by Crippen LogP contribution is -1.94. The van der Waals surface area contributed by atoms with E-state index in [1.165, 1.54) is 22.7 Å². The van der Waals surface area contributed by atoms with Gasteiger partial charge in [-0.15, -0.1) is 22.7 Å². The zero-order valence-electron chi connectivity index (χ0n) is 17.8. The smallest absolute Gasteiger partial charge is 0.303 e. The lowest BCUT2D eigenvalue weighted by atomic mass is 10.1. The van der Waals surface area contributed by atoms with Crippen LogP contribution in [0.5, 0.6) is 0 Å². The number of carboxylic acids is 2. The first-order chi connectivity index (χ1) is 14.2. The fraction of sp³-hybridized carbons (Fsp3) is 0.600. The number of anilines is 2. The summed E-state index contributed by atoms with van der Waals surface area (Å²) in [6.07, 6.45) is 12.0. The molecule has 0 bridgehead atoms. The standard InChI is InChI=1S/C12H22O4.2C4H6N2S/c13-11(14)9-7-5-3-1-2-4-6-8-10-12(15)16;2*1-3-2-6-4(5)7-3/h1-10H2,(H,13,14)(H,15,16);2*2H,1H3,(H2,5,6). The lowest BCUT2D eigenvalue weighted by molar-refractivity contribution is -0.138. The molecule has 0 aromatic carbocycles. The van der Waals surface area contributed by atoms with Crippen molar-refractivity contribution in [1.29, 1.82) is 0 Å². The quantitative estimate of drug-likeness (QED) is 0.338. The van der Waals surface area contributed by atoms with Gasteiger partial charge in [0, 0.05) is 35.0 Å². The van der Waals surface area contributed by atoms with Crippen LogP contribution in [0.4, 0.5) is 10.3 Å². The maximum Gasteiger partial charge on any atom is 0.303 e. The number of nitrogen functional groups attached to an aromatic ring is 2. The van der Waals surface area contributed by atoms with E-state index in [9.17, 15) is 9.59 Å². The van der Waals surface area contributed by atoms with Crippen molar-refractivity contribution in [3.05, 3.63) is 22.1 Å². The van der Waals surface area contributed by atoms with Gasteiger partial charge < -0.3 is 21.7 Å². The van der Waals surface area contributed by atoms with Gasteiger partial charge in [-0.1, -0.05) is 38.5 Å². The number of rotatable bonds is 11. The maximum absolute atomic E-state index is 10.2. The molecule has 0 amide bonds. The summed E-state index contributed by atoms with van der Waals surface area (Å²) in [6.45, 7) is 3.96. The number of thiazole rings is 2. The summed E-state index contributed by atoms with van der Waals surface area (Å²) >= 11 is 3.02. The second-order valence-electron chi connectivity index (χ2n) is 6.73. The Morgan fingerprint density at radius 2 is 1.03 bits per heavy atom. The molecule has 0 saturated heterocycles. The molecule has 0 fully saturated rings. The Morgan fingerprint density at radius 1 is 0.733 bits per heavy atom. The molecule has 8 nitrogen and oxygen atoms in total. The number of aromatic nitrogens is 2. The van der Waals surface area contributed by atoms with E-state index < -0.39 is 11.9 Å². The van der Waals surface area contributed by atoms with Gasteiger partial charge in [0.25, 0.3) is 0 Å². The van der Waals surface area contributed by atoms with Crippen molar-refractivity contribution in [1.82, 2.24) is 9.97 Å². The third-order valence-corrected chi connectivity index (χ3v) is 5.29. The Bertz CT molecular complexity index is 626. The number of carboxylic acid groups (broad SMARTS) is 2. The molecule has 0 aliphatic rings. The van der Waals surface area contributed by atoms with Crippen LogP contribution >= 0.6 is 22.7 Å². The highest BCUT2D eigenvalue weighted by atomic mass is 32.1. The summed E-state index contributed by atoms with van der Waals surface area (Å²) in [5.74, 6) is -1.43. The van der Waals surface area contributed by atoms with Crippen LogP contribution in [-0.4, -0.2) is 32.1 Å². The van der Waals surface area contributed by atoms with Crippen molar-refractivity contribution in [2.45, 2.75) is 78.1 Å². The summed E-state index contributed by atoms with van der Waals surface area (Å²) in [6, 6.07) is 0. The number of nitrogens with two attached hydrogens (primary N) is 2. The number of unbranched alkanes of at least 4 members (excludes halogenated alkanes) is 7. The summed E-state index contributed by atoms with van der Waals surface area (Å²) in [4.78, 5) is 30.4. The van der Waals surface area contributed by atoms with Gasteiger partial charge in [0.15, 0.2) is 10.3 Å². The molecular formula is C20H34N4O4S2. The van der Waals surface area contributed by atoms with Gasteiger partial charge in [-0.3, -0.25) is 9.59 Å². The molecule has 10 heteroatoms. The SMILES string of the molecule is Cc1cnc(N)s1.Cc1cnc(N)s1.O=C(O)CCCCCCCCCCC(=O)O. The van der Waals surface area contributed by atoms with Crippen molar-refractivity contribution in [2.75, 3.05) is 11.5 Å². The van der Waals surface area contributed by atoms with Gasteiger partial charge in [0.2, 0.25) is 0 Å². The zero-order valence-corrected chi connectivity index (χ0v) is 19.4. The molecule has 2 aromatic heterocycles. The first-order valence-corrected chi connectivity index (χ1v) is 11.6. The van der Waals surface area contributed by atoms with E-state index in [1.807, 2.05) is 13.8 Å². The Kier molecular flexibility index (Phi) is 16.3. The first kappa shape index (κ1) is 27.8. The number of carbonyl (C=O) groups is 2. The third-order valence-electron chi connectivity index (χ3n) is 3.81. The average Bonchev–Trinajstić information content (AvgIpc) is 3.23. The van der Waals surface area contributed by atoms with Crippen LogP contribution in [0.2, 0.25) is 0 Å². The highest BCUT2D eigenvalue weighted by Gasteiger charge is 1.98. The van der Waals surface area contributed by atoms with Crippen LogP contribution in [0, 0.1) is 13.8 Å². The number of aliphatic carboxylic acids is 2. The van der Waals surface area contributed by atoms with E-state index in [2.05, 4.69) is 9.97 Å². The summed E-state index contributed by atoms with van der Waals surface area (Å²) < 4.78 is 0. The second kappa shape index (κ2) is 17.6. The summed E-state index contributed by atoms with van der Waals surface area (Å²) in [5, 5.41) is 18.1. The molecule has 2 aromatic rings. The molecule has 2 heterocycles. The van der Waals surface area contributed by atoms with E-state index in [-0.39, 0.29) is 12.8 Å². The average molecular weight is 459 g/mol. The van der Waals surface area contributed by atoms with Crippen LogP contribution in [0.1, 0.15) is 74.0 Å². The molecule has 0 spiro atoms. The first-order valence-electron chi connectivity index (χ1n) is 10.00. The van der Waals surface area contributed by atoms with Crippen molar-refractivity contribution in [3.8, 4) is 0 Å². The molecule has 30 heavy (non-hydrogen) atoms. The van der Waals surface area contributed by atoms with Gasteiger partial charge in [0.05, 0.1) is 0 Å². The van der Waals surface area contributed by atoms with Gasteiger partial charge in [0.1, 0.15) is 0 Å². The lowest BCUT2D eigenvalue weighted by Gasteiger charge is -2.00. The van der Waals surface area contributed by atoms with E-state index in [0.29, 0.717) is 10.3 Å². The van der Waals surface area contributed by atoms with Crippen molar-refractivity contribution < 1.29 is 19.8 Å². The van der Waals surface area contributed by atoms with Gasteiger partial charge in [-0.25, -0.2) is 9.97 Å². The van der Waals surface area contributed by atoms with Crippen LogP contribution in [0.15, 0.2) is 12.4 Å². The van der Waals surface area contributed by atoms with Crippen LogP contribution in [0.25, 0.3) is 0 Å². The minimum atomic E-state index is -0.714. The summed E-state index contributed by atoms with van der Waals surface area (Å²) in [7, 11) is 0. The summed E-state index contributed by atoms with van der Waals surface area (Å²) in [5.41, 5.74) is 10.6. The minimum absolute atomic E-state index is 0.276. The minimum Gasteiger partial charge on any atom is -0.481 e. The number of aryl methyl sites for hydroxylation is 2. The van der Waals surface area contributed by atoms with Crippen LogP contribution < -0.4 is 11.5 Å². The largest absolute Gasteiger partial charge is 0.481 e. The van der Waals surface area contributed by atoms with E-state index in [0.717, 1.165) is 61.1 Å². The molecule has 0 atom stereocenters. The fourth-order valence-corrected chi connectivity index (χ4v) is 3.44. The van der Waals surface area contributed by atoms with Gasteiger partial charge in [-0.05, 0) is 26.7 Å². The van der Waals surface area contributed by atoms with Gasteiger partial charge >= 0.3 is 11.9 Å². The molecule has 0 saturated carbocycles. The Hall–Kier alpha value is -2.20. The Morgan fingerprint density at radius 3 is 1.20 bits per heavy atom. The van der Waals surface area contributed by atoms with Crippen LogP contribution in [0.3, 0.4) is 0 Å². The molecule has 170 valence electrons. The number of hydrogen-bond acceptors (Lipinski definition) is 8. The number of hydrogen-bond donors (Lipinski definition) is 4. The predicted octanol–water partition coefficient (Wildman–Crippen LogP) is 5.12. The fourth-order valence-electron chi connectivity index (χ4n) is 2.36. The van der Waals surface area contributed by atoms with Crippen molar-refractivity contribution >= 4 is 44.9 Å². The third kappa shape index (κ3) is 19.1. The van der Waals surface area contributed by atoms with Crippen LogP contribution in [-0.2, 0) is 9.59 Å². The van der Waals surface area contributed by atoms with Crippen molar-refractivity contribution in [2.24, 2.45) is 0 Å². The van der Waals surface area contributed by atoms with Crippen molar-refractivity contribution in [3.63, 3.8) is 0 Å². The Balaban J connectivity index is 0.000000487. The predicted molar refractivity (Wildman–Crippen MR) is 124 cm³/mol. The Labute approximate surface area is 186 Å². The maximum atomic E-state index is 10.2. The second-order valence-corrected chi connectivity index (χ2v) is 9.27. The normalized spacial score (nSPS) is 9.80. The van der Waals surface area contributed by atoms with Gasteiger partial charge in [-0.2, -0.15) is 0 Å². The number of nitrogens with zero attached hydrogens (tertiary/aromatic N) is 2. The monoisotopic (exact) mass is 458 g/mol. The molecule has 0 aliphatic carbocycles. The van der Waals surface area contributed by atoms with E-state index in [4.69, 9.17) is 21.7 Å². The molecule has 0 aliphatic heterocycles. The molecule has 0 unspecified atom stereocenters.